The maximum Gasteiger partial charge on any atom is 0.278 e. The highest BCUT2D eigenvalue weighted by atomic mass is 16.1. The molecule has 0 saturated heterocycles. The Balaban J connectivity index is 2.69. The molecule has 0 aliphatic rings. The largest absolute Gasteiger partial charge is 0.316 e. The van der Waals surface area contributed by atoms with Gasteiger partial charge in [0.2, 0.25) is 0 Å². The molecule has 3 aromatic rings. The first-order valence-corrected chi connectivity index (χ1v) is 6.29. The first-order chi connectivity index (χ1) is 10.5. The second-order valence-corrected chi connectivity index (χ2v) is 4.85. The van der Waals surface area contributed by atoms with Crippen molar-refractivity contribution in [2.45, 2.75) is 0 Å². The first-order valence-electron chi connectivity index (χ1n) is 6.29. The van der Waals surface area contributed by atoms with Gasteiger partial charge in [-0.15, -0.1) is 0 Å². The smallest absolute Gasteiger partial charge is 0.278 e. The van der Waals surface area contributed by atoms with Crippen LogP contribution in [0.2, 0.25) is 0 Å². The van der Waals surface area contributed by atoms with E-state index in [4.69, 9.17) is 0 Å². The summed E-state index contributed by atoms with van der Waals surface area (Å²) in [4.78, 5) is 54.9. The number of hydrogen-bond acceptors (Lipinski definition) is 6. The second kappa shape index (κ2) is 4.69. The molecule has 0 unspecified atom stereocenters. The zero-order valence-corrected chi connectivity index (χ0v) is 11.7. The van der Waals surface area contributed by atoms with E-state index >= 15 is 0 Å². The Kier molecular flexibility index (Phi) is 2.94. The summed E-state index contributed by atoms with van der Waals surface area (Å²) in [6.07, 6.45) is 3.73. The Hall–Kier alpha value is -3.16. The minimum absolute atomic E-state index is 0.0470. The van der Waals surface area contributed by atoms with E-state index < -0.39 is 11.1 Å². The molecule has 3 heterocycles. The van der Waals surface area contributed by atoms with Crippen molar-refractivity contribution in [3.63, 3.8) is 0 Å². The lowest BCUT2D eigenvalue weighted by Gasteiger charge is -2.07. The molecular formula is C14H10N4O4. The molecule has 8 nitrogen and oxygen atoms in total. The SMILES string of the molecule is Cn1cc(C=O)c2nc3c(=O)n(C)cc(C=O)c3nc2c1=O. The van der Waals surface area contributed by atoms with Crippen molar-refractivity contribution < 1.29 is 9.59 Å². The van der Waals surface area contributed by atoms with E-state index in [1.54, 1.807) is 0 Å². The summed E-state index contributed by atoms with van der Waals surface area (Å²) in [6, 6.07) is 0. The van der Waals surface area contributed by atoms with Crippen molar-refractivity contribution in [1.29, 1.82) is 0 Å². The molecule has 22 heavy (non-hydrogen) atoms. The Morgan fingerprint density at radius 1 is 0.773 bits per heavy atom. The average molecular weight is 298 g/mol. The van der Waals surface area contributed by atoms with E-state index in [9.17, 15) is 19.2 Å². The van der Waals surface area contributed by atoms with Crippen LogP contribution in [0.4, 0.5) is 0 Å². The molecule has 3 rings (SSSR count). The number of rotatable bonds is 2. The van der Waals surface area contributed by atoms with E-state index in [1.165, 1.54) is 35.6 Å². The van der Waals surface area contributed by atoms with Crippen molar-refractivity contribution in [2.24, 2.45) is 14.1 Å². The summed E-state index contributed by atoms with van der Waals surface area (Å²) >= 11 is 0. The normalized spacial score (nSPS) is 11.0. The van der Waals surface area contributed by atoms with Crippen LogP contribution in [-0.2, 0) is 14.1 Å². The van der Waals surface area contributed by atoms with Crippen LogP contribution < -0.4 is 11.1 Å². The Bertz CT molecular complexity index is 991. The molecule has 0 saturated carbocycles. The summed E-state index contributed by atoms with van der Waals surface area (Å²) in [6.45, 7) is 0. The minimum atomic E-state index is -0.465. The number of hydrogen-bond donors (Lipinski definition) is 0. The zero-order valence-electron chi connectivity index (χ0n) is 11.7. The van der Waals surface area contributed by atoms with E-state index in [2.05, 4.69) is 9.97 Å². The molecule has 0 amide bonds. The van der Waals surface area contributed by atoms with Gasteiger partial charge in [-0.1, -0.05) is 0 Å². The minimum Gasteiger partial charge on any atom is -0.316 e. The fraction of sp³-hybridized carbons (Fsp3) is 0.143. The number of nitrogens with zero attached hydrogens (tertiary/aromatic N) is 4. The fourth-order valence-corrected chi connectivity index (χ4v) is 2.30. The maximum absolute atomic E-state index is 12.2. The van der Waals surface area contributed by atoms with Gasteiger partial charge in [-0.05, 0) is 0 Å². The molecule has 0 bridgehead atoms. The Morgan fingerprint density at radius 2 is 1.14 bits per heavy atom. The average Bonchev–Trinajstić information content (AvgIpc) is 2.53. The zero-order chi connectivity index (χ0) is 16.0. The van der Waals surface area contributed by atoms with Gasteiger partial charge in [-0.3, -0.25) is 19.2 Å². The highest BCUT2D eigenvalue weighted by molar-refractivity contribution is 6.00. The quantitative estimate of drug-likeness (QED) is 0.479. The molecule has 0 spiro atoms. The van der Waals surface area contributed by atoms with Crippen LogP contribution in [0.25, 0.3) is 22.1 Å². The van der Waals surface area contributed by atoms with E-state index in [-0.39, 0.29) is 33.2 Å². The number of aryl methyl sites for hydroxylation is 2. The molecule has 110 valence electrons. The van der Waals surface area contributed by atoms with Crippen molar-refractivity contribution in [3.05, 3.63) is 44.2 Å². The monoisotopic (exact) mass is 298 g/mol. The Labute approximate surface area is 122 Å². The molecule has 0 aliphatic heterocycles. The number of pyridine rings is 2. The van der Waals surface area contributed by atoms with Gasteiger partial charge < -0.3 is 9.13 Å². The van der Waals surface area contributed by atoms with Crippen LogP contribution in [0, 0.1) is 0 Å². The van der Waals surface area contributed by atoms with Crippen LogP contribution in [0.3, 0.4) is 0 Å². The van der Waals surface area contributed by atoms with E-state index in [0.29, 0.717) is 12.6 Å². The van der Waals surface area contributed by atoms with Gasteiger partial charge >= 0.3 is 0 Å². The topological polar surface area (TPSA) is 104 Å². The molecule has 0 aliphatic carbocycles. The Morgan fingerprint density at radius 3 is 1.45 bits per heavy atom. The number of fused-ring (bicyclic) bond motifs is 2. The molecule has 3 aromatic heterocycles. The molecule has 0 radical (unpaired) electrons. The molecular weight excluding hydrogens is 288 g/mol. The lowest BCUT2D eigenvalue weighted by Crippen LogP contribution is -2.23. The van der Waals surface area contributed by atoms with Gasteiger partial charge in [0.15, 0.2) is 23.6 Å². The van der Waals surface area contributed by atoms with Crippen molar-refractivity contribution in [1.82, 2.24) is 19.1 Å². The summed E-state index contributed by atoms with van der Waals surface area (Å²) in [5.41, 5.74) is -0.668. The highest BCUT2D eigenvalue weighted by Crippen LogP contribution is 2.16. The van der Waals surface area contributed by atoms with Crippen molar-refractivity contribution in [2.75, 3.05) is 0 Å². The van der Waals surface area contributed by atoms with Gasteiger partial charge in [-0.2, -0.15) is 0 Å². The molecule has 0 N–H and O–H groups in total. The van der Waals surface area contributed by atoms with Gasteiger partial charge in [0.1, 0.15) is 11.0 Å². The van der Waals surface area contributed by atoms with E-state index in [1.807, 2.05) is 0 Å². The number of carbonyl (C=O) groups is 2. The molecule has 0 aromatic carbocycles. The van der Waals surface area contributed by atoms with Crippen LogP contribution >= 0.6 is 0 Å². The third-order valence-electron chi connectivity index (χ3n) is 3.41. The van der Waals surface area contributed by atoms with Gasteiger partial charge in [0.25, 0.3) is 11.1 Å². The third kappa shape index (κ3) is 1.77. The fourth-order valence-electron chi connectivity index (χ4n) is 2.30. The highest BCUT2D eigenvalue weighted by Gasteiger charge is 2.16. The maximum atomic E-state index is 12.2. The second-order valence-electron chi connectivity index (χ2n) is 4.85. The van der Waals surface area contributed by atoms with Crippen LogP contribution in [0.15, 0.2) is 22.0 Å². The van der Waals surface area contributed by atoms with E-state index in [0.717, 1.165) is 0 Å². The predicted octanol–water partition coefficient (Wildman–Crippen LogP) is -0.195. The number of carbonyl (C=O) groups excluding carboxylic acids is 2. The third-order valence-corrected chi connectivity index (χ3v) is 3.41. The van der Waals surface area contributed by atoms with Crippen molar-refractivity contribution >= 4 is 34.6 Å². The number of aldehydes is 2. The standard InChI is InChI=1S/C14H10N4O4/c1-17-3-7(5-19)9-11(13(17)21)15-10-8(6-20)4-18(2)14(22)12(10)16-9/h3-6H,1-2H3. The van der Waals surface area contributed by atoms with Crippen LogP contribution in [0.1, 0.15) is 20.7 Å². The number of aromatic nitrogens is 4. The first kappa shape index (κ1) is 13.8. The molecule has 0 atom stereocenters. The lowest BCUT2D eigenvalue weighted by atomic mass is 10.2. The summed E-state index contributed by atoms with van der Waals surface area (Å²) in [5, 5.41) is 0. The van der Waals surface area contributed by atoms with Gasteiger partial charge in [0.05, 0.1) is 11.1 Å². The van der Waals surface area contributed by atoms with Crippen LogP contribution in [-0.4, -0.2) is 31.7 Å². The molecule has 0 fully saturated rings. The lowest BCUT2D eigenvalue weighted by molar-refractivity contribution is 0.111. The summed E-state index contributed by atoms with van der Waals surface area (Å²) in [5.74, 6) is 0. The van der Waals surface area contributed by atoms with Crippen LogP contribution in [0.5, 0.6) is 0 Å². The predicted molar refractivity (Wildman–Crippen MR) is 78.3 cm³/mol. The van der Waals surface area contributed by atoms with Gasteiger partial charge in [0, 0.05) is 26.5 Å². The van der Waals surface area contributed by atoms with Gasteiger partial charge in [-0.25, -0.2) is 9.97 Å². The molecule has 8 heteroatoms. The summed E-state index contributed by atoms with van der Waals surface area (Å²) in [7, 11) is 2.95. The van der Waals surface area contributed by atoms with Crippen molar-refractivity contribution in [3.8, 4) is 0 Å². The summed E-state index contributed by atoms with van der Waals surface area (Å²) < 4.78 is 2.41.